The SMILES string of the molecule is CC(C)COCCN1CCC(OC2CCN(C(C)C)CC2)CC1. The second-order valence-electron chi connectivity index (χ2n) is 7.97. The van der Waals surface area contributed by atoms with Crippen LogP contribution in [0.1, 0.15) is 53.4 Å². The quantitative estimate of drug-likeness (QED) is 0.640. The minimum Gasteiger partial charge on any atom is -0.380 e. The summed E-state index contributed by atoms with van der Waals surface area (Å²) < 4.78 is 12.1. The maximum absolute atomic E-state index is 6.38. The van der Waals surface area contributed by atoms with Gasteiger partial charge in [0.05, 0.1) is 18.8 Å². The van der Waals surface area contributed by atoms with Gasteiger partial charge in [-0.1, -0.05) is 13.8 Å². The van der Waals surface area contributed by atoms with E-state index in [4.69, 9.17) is 9.47 Å². The molecule has 2 aliphatic heterocycles. The summed E-state index contributed by atoms with van der Waals surface area (Å²) in [6.45, 7) is 16.6. The number of nitrogens with zero attached hydrogens (tertiary/aromatic N) is 2. The molecule has 0 spiro atoms. The number of hydrogen-bond acceptors (Lipinski definition) is 4. The Hall–Kier alpha value is -0.160. The number of rotatable bonds is 8. The Kier molecular flexibility index (Phi) is 8.31. The first-order valence-electron chi connectivity index (χ1n) is 9.74. The van der Waals surface area contributed by atoms with E-state index in [1.54, 1.807) is 0 Å². The van der Waals surface area contributed by atoms with Crippen LogP contribution in [0.3, 0.4) is 0 Å². The molecule has 0 bridgehead atoms. The number of ether oxygens (including phenoxy) is 2. The molecule has 0 aliphatic carbocycles. The Bertz CT molecular complexity index is 306. The van der Waals surface area contributed by atoms with Crippen molar-refractivity contribution in [2.75, 3.05) is 45.9 Å². The molecule has 0 aromatic rings. The molecule has 23 heavy (non-hydrogen) atoms. The van der Waals surface area contributed by atoms with Crippen molar-refractivity contribution in [3.05, 3.63) is 0 Å². The van der Waals surface area contributed by atoms with Crippen LogP contribution in [0.15, 0.2) is 0 Å². The van der Waals surface area contributed by atoms with Crippen LogP contribution in [0.2, 0.25) is 0 Å². The van der Waals surface area contributed by atoms with Gasteiger partial charge in [-0.2, -0.15) is 0 Å². The van der Waals surface area contributed by atoms with Gasteiger partial charge in [0.2, 0.25) is 0 Å². The summed E-state index contributed by atoms with van der Waals surface area (Å²) >= 11 is 0. The van der Waals surface area contributed by atoms with Crippen LogP contribution in [-0.4, -0.2) is 74.0 Å². The largest absolute Gasteiger partial charge is 0.380 e. The third kappa shape index (κ3) is 7.08. The van der Waals surface area contributed by atoms with Gasteiger partial charge in [0, 0.05) is 45.4 Å². The molecule has 0 amide bonds. The van der Waals surface area contributed by atoms with E-state index in [9.17, 15) is 0 Å². The zero-order chi connectivity index (χ0) is 16.7. The van der Waals surface area contributed by atoms with Crippen molar-refractivity contribution >= 4 is 0 Å². The smallest absolute Gasteiger partial charge is 0.0603 e. The molecule has 136 valence electrons. The second-order valence-corrected chi connectivity index (χ2v) is 7.97. The number of piperidine rings is 2. The molecule has 2 rings (SSSR count). The summed E-state index contributed by atoms with van der Waals surface area (Å²) in [6, 6.07) is 0.678. The summed E-state index contributed by atoms with van der Waals surface area (Å²) in [5, 5.41) is 0. The van der Waals surface area contributed by atoms with E-state index in [0.717, 1.165) is 19.8 Å². The molecule has 4 heteroatoms. The van der Waals surface area contributed by atoms with Gasteiger partial charge in [-0.05, 0) is 45.4 Å². The van der Waals surface area contributed by atoms with Crippen molar-refractivity contribution in [1.29, 1.82) is 0 Å². The van der Waals surface area contributed by atoms with E-state index in [2.05, 4.69) is 37.5 Å². The minimum absolute atomic E-state index is 0.485. The fraction of sp³-hybridized carbons (Fsp3) is 1.00. The highest BCUT2D eigenvalue weighted by molar-refractivity contribution is 4.78. The lowest BCUT2D eigenvalue weighted by Crippen LogP contribution is -2.44. The van der Waals surface area contributed by atoms with Gasteiger partial charge in [-0.15, -0.1) is 0 Å². The molecular formula is C19H38N2O2. The van der Waals surface area contributed by atoms with E-state index in [-0.39, 0.29) is 0 Å². The van der Waals surface area contributed by atoms with E-state index in [1.807, 2.05) is 0 Å². The van der Waals surface area contributed by atoms with Crippen molar-refractivity contribution in [1.82, 2.24) is 9.80 Å². The van der Waals surface area contributed by atoms with Crippen molar-refractivity contribution < 1.29 is 9.47 Å². The van der Waals surface area contributed by atoms with Crippen LogP contribution in [0.4, 0.5) is 0 Å². The normalized spacial score (nSPS) is 23.2. The predicted molar refractivity (Wildman–Crippen MR) is 95.9 cm³/mol. The molecule has 2 heterocycles. The summed E-state index contributed by atoms with van der Waals surface area (Å²) in [4.78, 5) is 5.10. The molecule has 2 fully saturated rings. The Morgan fingerprint density at radius 2 is 1.43 bits per heavy atom. The maximum Gasteiger partial charge on any atom is 0.0603 e. The second kappa shape index (κ2) is 9.97. The molecular weight excluding hydrogens is 288 g/mol. The Morgan fingerprint density at radius 3 is 1.96 bits per heavy atom. The third-order valence-electron chi connectivity index (χ3n) is 5.13. The first-order valence-corrected chi connectivity index (χ1v) is 9.74. The van der Waals surface area contributed by atoms with Crippen molar-refractivity contribution in [3.8, 4) is 0 Å². The van der Waals surface area contributed by atoms with Crippen molar-refractivity contribution in [2.45, 2.75) is 71.6 Å². The lowest BCUT2D eigenvalue weighted by Gasteiger charge is -2.38. The predicted octanol–water partition coefficient (Wildman–Crippen LogP) is 3.01. The monoisotopic (exact) mass is 326 g/mol. The van der Waals surface area contributed by atoms with Gasteiger partial charge in [-0.3, -0.25) is 0 Å². The molecule has 0 unspecified atom stereocenters. The van der Waals surface area contributed by atoms with Crippen LogP contribution in [0.5, 0.6) is 0 Å². The van der Waals surface area contributed by atoms with Crippen LogP contribution in [0.25, 0.3) is 0 Å². The van der Waals surface area contributed by atoms with Crippen LogP contribution in [0, 0.1) is 5.92 Å². The van der Waals surface area contributed by atoms with Crippen molar-refractivity contribution in [2.24, 2.45) is 5.92 Å². The first kappa shape index (κ1) is 19.2. The fourth-order valence-electron chi connectivity index (χ4n) is 3.58. The average molecular weight is 327 g/mol. The molecule has 0 radical (unpaired) electrons. The third-order valence-corrected chi connectivity index (χ3v) is 5.13. The highest BCUT2D eigenvalue weighted by atomic mass is 16.5. The summed E-state index contributed by atoms with van der Waals surface area (Å²) in [6.07, 6.45) is 5.78. The molecule has 2 saturated heterocycles. The first-order chi connectivity index (χ1) is 11.0. The zero-order valence-corrected chi connectivity index (χ0v) is 15.8. The van der Waals surface area contributed by atoms with Crippen molar-refractivity contribution in [3.63, 3.8) is 0 Å². The molecule has 0 N–H and O–H groups in total. The zero-order valence-electron chi connectivity index (χ0n) is 15.8. The van der Waals surface area contributed by atoms with Gasteiger partial charge >= 0.3 is 0 Å². The summed E-state index contributed by atoms with van der Waals surface area (Å²) in [7, 11) is 0. The molecule has 0 aromatic heterocycles. The lowest BCUT2D eigenvalue weighted by molar-refractivity contribution is -0.0690. The van der Waals surface area contributed by atoms with Crippen LogP contribution >= 0.6 is 0 Å². The number of likely N-dealkylation sites (tertiary alicyclic amines) is 2. The highest BCUT2D eigenvalue weighted by Crippen LogP contribution is 2.21. The summed E-state index contributed by atoms with van der Waals surface area (Å²) in [5.74, 6) is 0.635. The Labute approximate surface area is 143 Å². The van der Waals surface area contributed by atoms with Crippen LogP contribution < -0.4 is 0 Å². The lowest BCUT2D eigenvalue weighted by atomic mass is 10.0. The Balaban J connectivity index is 1.55. The van der Waals surface area contributed by atoms with E-state index in [0.29, 0.717) is 24.2 Å². The molecule has 2 aliphatic rings. The average Bonchev–Trinajstić information content (AvgIpc) is 2.53. The topological polar surface area (TPSA) is 24.9 Å². The van der Waals surface area contributed by atoms with E-state index < -0.39 is 0 Å². The van der Waals surface area contributed by atoms with E-state index in [1.165, 1.54) is 51.9 Å². The van der Waals surface area contributed by atoms with Gasteiger partial charge in [0.25, 0.3) is 0 Å². The number of hydrogen-bond donors (Lipinski definition) is 0. The van der Waals surface area contributed by atoms with Crippen LogP contribution in [-0.2, 0) is 9.47 Å². The molecule has 0 aromatic carbocycles. The molecule has 0 saturated carbocycles. The highest BCUT2D eigenvalue weighted by Gasteiger charge is 2.26. The standard InChI is InChI=1S/C19H38N2O2/c1-16(2)15-22-14-13-20-9-5-18(6-10-20)23-19-7-11-21(12-8-19)17(3)4/h16-19H,5-15H2,1-4H3. The molecule has 0 atom stereocenters. The summed E-state index contributed by atoms with van der Waals surface area (Å²) in [5.41, 5.74) is 0. The molecule has 4 nitrogen and oxygen atoms in total. The fourth-order valence-corrected chi connectivity index (χ4v) is 3.58. The van der Waals surface area contributed by atoms with E-state index >= 15 is 0 Å². The minimum atomic E-state index is 0.485. The Morgan fingerprint density at radius 1 is 0.870 bits per heavy atom. The van der Waals surface area contributed by atoms with Gasteiger partial charge in [-0.25, -0.2) is 0 Å². The maximum atomic E-state index is 6.38. The van der Waals surface area contributed by atoms with Gasteiger partial charge < -0.3 is 19.3 Å². The van der Waals surface area contributed by atoms with Gasteiger partial charge in [0.15, 0.2) is 0 Å². The van der Waals surface area contributed by atoms with Gasteiger partial charge in [0.1, 0.15) is 0 Å².